The highest BCUT2D eigenvalue weighted by atomic mass is 16.5. The molecule has 0 saturated heterocycles. The van der Waals surface area contributed by atoms with Gasteiger partial charge in [-0.15, -0.1) is 0 Å². The average molecular weight is 263 g/mol. The van der Waals surface area contributed by atoms with Crippen LogP contribution in [0.2, 0.25) is 0 Å². The van der Waals surface area contributed by atoms with E-state index in [1.807, 2.05) is 19.1 Å². The molecule has 3 nitrogen and oxygen atoms in total. The second-order valence-electron chi connectivity index (χ2n) is 5.76. The van der Waals surface area contributed by atoms with Crippen molar-refractivity contribution in [1.82, 2.24) is 0 Å². The maximum absolute atomic E-state index is 9.70. The van der Waals surface area contributed by atoms with Crippen LogP contribution in [-0.2, 0) is 0 Å². The minimum Gasteiger partial charge on any atom is -0.496 e. The van der Waals surface area contributed by atoms with E-state index in [4.69, 9.17) is 4.74 Å². The van der Waals surface area contributed by atoms with Gasteiger partial charge < -0.3 is 15.2 Å². The Morgan fingerprint density at radius 3 is 2.58 bits per heavy atom. The van der Waals surface area contributed by atoms with Crippen molar-refractivity contribution in [2.24, 2.45) is 5.41 Å². The molecule has 1 saturated carbocycles. The molecule has 1 aliphatic rings. The first-order valence-electron chi connectivity index (χ1n) is 7.18. The zero-order valence-corrected chi connectivity index (χ0v) is 12.0. The molecule has 0 aliphatic heterocycles. The third-order valence-electron chi connectivity index (χ3n) is 4.31. The molecule has 106 valence electrons. The average Bonchev–Trinajstić information content (AvgIpc) is 2.46. The van der Waals surface area contributed by atoms with Gasteiger partial charge in [-0.1, -0.05) is 19.3 Å². The van der Waals surface area contributed by atoms with Crippen molar-refractivity contribution in [3.8, 4) is 5.75 Å². The van der Waals surface area contributed by atoms with Gasteiger partial charge in [0, 0.05) is 17.6 Å². The number of rotatable bonds is 5. The Hall–Kier alpha value is -1.22. The smallest absolute Gasteiger partial charge is 0.121 e. The molecule has 0 amide bonds. The minimum absolute atomic E-state index is 0.0755. The Kier molecular flexibility index (Phi) is 4.70. The van der Waals surface area contributed by atoms with Crippen LogP contribution in [0.5, 0.6) is 5.75 Å². The Morgan fingerprint density at radius 1 is 1.26 bits per heavy atom. The molecule has 0 spiro atoms. The quantitative estimate of drug-likeness (QED) is 0.856. The lowest BCUT2D eigenvalue weighted by Crippen LogP contribution is -2.35. The number of aryl methyl sites for hydroxylation is 1. The van der Waals surface area contributed by atoms with Crippen molar-refractivity contribution < 1.29 is 9.84 Å². The van der Waals surface area contributed by atoms with Crippen LogP contribution in [0.15, 0.2) is 18.2 Å². The van der Waals surface area contributed by atoms with Gasteiger partial charge in [0.15, 0.2) is 0 Å². The Bertz CT molecular complexity index is 411. The van der Waals surface area contributed by atoms with Gasteiger partial charge >= 0.3 is 0 Å². The van der Waals surface area contributed by atoms with Crippen LogP contribution < -0.4 is 10.1 Å². The molecule has 0 bridgehead atoms. The van der Waals surface area contributed by atoms with E-state index in [2.05, 4.69) is 11.4 Å². The van der Waals surface area contributed by atoms with Gasteiger partial charge in [0.2, 0.25) is 0 Å². The van der Waals surface area contributed by atoms with Crippen molar-refractivity contribution in [2.75, 3.05) is 25.6 Å². The van der Waals surface area contributed by atoms with Crippen molar-refractivity contribution in [3.63, 3.8) is 0 Å². The first-order chi connectivity index (χ1) is 9.19. The second-order valence-corrected chi connectivity index (χ2v) is 5.76. The van der Waals surface area contributed by atoms with E-state index in [0.717, 1.165) is 36.4 Å². The van der Waals surface area contributed by atoms with Crippen molar-refractivity contribution in [2.45, 2.75) is 39.0 Å². The van der Waals surface area contributed by atoms with Crippen molar-refractivity contribution >= 4 is 5.69 Å². The fourth-order valence-electron chi connectivity index (χ4n) is 2.97. The van der Waals surface area contributed by atoms with E-state index in [0.29, 0.717) is 0 Å². The fraction of sp³-hybridized carbons (Fsp3) is 0.625. The highest BCUT2D eigenvalue weighted by molar-refractivity contribution is 5.50. The number of aliphatic hydroxyl groups excluding tert-OH is 1. The summed E-state index contributed by atoms with van der Waals surface area (Å²) < 4.78 is 5.27. The molecule has 0 heterocycles. The molecule has 0 aromatic heterocycles. The van der Waals surface area contributed by atoms with E-state index >= 15 is 0 Å². The summed E-state index contributed by atoms with van der Waals surface area (Å²) >= 11 is 0. The normalized spacial score (nSPS) is 18.1. The third kappa shape index (κ3) is 3.41. The van der Waals surface area contributed by atoms with Gasteiger partial charge in [0.1, 0.15) is 5.75 Å². The maximum Gasteiger partial charge on any atom is 0.121 e. The lowest BCUT2D eigenvalue weighted by Gasteiger charge is -2.36. The van der Waals surface area contributed by atoms with Gasteiger partial charge in [-0.3, -0.25) is 0 Å². The second kappa shape index (κ2) is 6.29. The molecule has 2 N–H and O–H groups in total. The summed E-state index contributed by atoms with van der Waals surface area (Å²) in [5.74, 6) is 0.917. The minimum atomic E-state index is 0.0755. The van der Waals surface area contributed by atoms with E-state index in [1.54, 1.807) is 7.11 Å². The first kappa shape index (κ1) is 14.2. The summed E-state index contributed by atoms with van der Waals surface area (Å²) in [6.07, 6.45) is 6.05. The van der Waals surface area contributed by atoms with Crippen LogP contribution >= 0.6 is 0 Å². The first-order valence-corrected chi connectivity index (χ1v) is 7.18. The molecular formula is C16H25NO2. The number of hydrogen-bond donors (Lipinski definition) is 2. The van der Waals surface area contributed by atoms with Crippen LogP contribution in [0.3, 0.4) is 0 Å². The molecule has 2 rings (SSSR count). The molecule has 0 unspecified atom stereocenters. The van der Waals surface area contributed by atoms with Gasteiger partial charge in [-0.25, -0.2) is 0 Å². The molecule has 0 atom stereocenters. The molecular weight excluding hydrogens is 238 g/mol. The zero-order chi connectivity index (χ0) is 13.7. The number of anilines is 1. The Morgan fingerprint density at radius 2 is 2.00 bits per heavy atom. The van der Waals surface area contributed by atoms with E-state index in [-0.39, 0.29) is 12.0 Å². The van der Waals surface area contributed by atoms with Crippen LogP contribution in [0, 0.1) is 12.3 Å². The molecule has 1 fully saturated rings. The van der Waals surface area contributed by atoms with Crippen molar-refractivity contribution in [3.05, 3.63) is 23.8 Å². The van der Waals surface area contributed by atoms with Crippen LogP contribution in [-0.4, -0.2) is 25.4 Å². The number of benzene rings is 1. The predicted octanol–water partition coefficient (Wildman–Crippen LogP) is 3.36. The number of hydrogen-bond acceptors (Lipinski definition) is 3. The Balaban J connectivity index is 1.99. The van der Waals surface area contributed by atoms with Gasteiger partial charge in [-0.2, -0.15) is 0 Å². The molecule has 1 aromatic rings. The summed E-state index contributed by atoms with van der Waals surface area (Å²) in [5.41, 5.74) is 2.32. The number of methoxy groups -OCH3 is 1. The summed E-state index contributed by atoms with van der Waals surface area (Å²) in [5, 5.41) is 13.2. The highest BCUT2D eigenvalue weighted by Gasteiger charge is 2.31. The standard InChI is InChI=1S/C16H25NO2/c1-13-10-14(6-7-15(13)19-2)17-11-16(12-18)8-4-3-5-9-16/h6-7,10,17-18H,3-5,8-9,11-12H2,1-2H3. The lowest BCUT2D eigenvalue weighted by molar-refractivity contribution is 0.0944. The summed E-state index contributed by atoms with van der Waals surface area (Å²) in [4.78, 5) is 0. The summed E-state index contributed by atoms with van der Waals surface area (Å²) in [7, 11) is 1.69. The number of nitrogens with one attached hydrogen (secondary N) is 1. The largest absolute Gasteiger partial charge is 0.496 e. The molecule has 19 heavy (non-hydrogen) atoms. The highest BCUT2D eigenvalue weighted by Crippen LogP contribution is 2.36. The lowest BCUT2D eigenvalue weighted by atomic mass is 9.74. The SMILES string of the molecule is COc1ccc(NCC2(CO)CCCCC2)cc1C. The molecule has 3 heteroatoms. The third-order valence-corrected chi connectivity index (χ3v) is 4.31. The Labute approximate surface area is 116 Å². The zero-order valence-electron chi connectivity index (χ0n) is 12.0. The fourth-order valence-corrected chi connectivity index (χ4v) is 2.97. The number of ether oxygens (including phenoxy) is 1. The van der Waals surface area contributed by atoms with Crippen molar-refractivity contribution in [1.29, 1.82) is 0 Å². The summed E-state index contributed by atoms with van der Waals surface area (Å²) in [6.45, 7) is 3.19. The molecule has 0 radical (unpaired) electrons. The predicted molar refractivity (Wildman–Crippen MR) is 78.8 cm³/mol. The molecule has 1 aromatic carbocycles. The monoisotopic (exact) mass is 263 g/mol. The van der Waals surface area contributed by atoms with Gasteiger partial charge in [-0.05, 0) is 43.5 Å². The van der Waals surface area contributed by atoms with Gasteiger partial charge in [0.25, 0.3) is 0 Å². The van der Waals surface area contributed by atoms with Crippen LogP contribution in [0.1, 0.15) is 37.7 Å². The van der Waals surface area contributed by atoms with E-state index in [9.17, 15) is 5.11 Å². The topological polar surface area (TPSA) is 41.5 Å². The summed E-state index contributed by atoms with van der Waals surface area (Å²) in [6, 6.07) is 6.14. The van der Waals surface area contributed by atoms with E-state index in [1.165, 1.54) is 19.3 Å². The maximum atomic E-state index is 9.70. The van der Waals surface area contributed by atoms with Crippen LogP contribution in [0.25, 0.3) is 0 Å². The van der Waals surface area contributed by atoms with Crippen LogP contribution in [0.4, 0.5) is 5.69 Å². The van der Waals surface area contributed by atoms with E-state index < -0.39 is 0 Å². The molecule has 1 aliphatic carbocycles. The van der Waals surface area contributed by atoms with Gasteiger partial charge in [0.05, 0.1) is 13.7 Å². The number of aliphatic hydroxyl groups is 1.